The van der Waals surface area contributed by atoms with Crippen LogP contribution in [0.5, 0.6) is 0 Å². The lowest BCUT2D eigenvalue weighted by molar-refractivity contribution is -0.161. The zero-order valence-corrected chi connectivity index (χ0v) is 36.7. The summed E-state index contributed by atoms with van der Waals surface area (Å²) in [4.78, 5) is 47.5. The van der Waals surface area contributed by atoms with E-state index in [1.165, 1.54) is 38.5 Å². The molecule has 0 aliphatic heterocycles. The highest BCUT2D eigenvalue weighted by molar-refractivity contribution is 7.47. The third-order valence-corrected chi connectivity index (χ3v) is 10.5. The molecule has 0 radical (unpaired) electrons. The van der Waals surface area contributed by atoms with Gasteiger partial charge in [0.05, 0.1) is 25.9 Å². The van der Waals surface area contributed by atoms with E-state index >= 15 is 0 Å². The zero-order valence-electron chi connectivity index (χ0n) is 35.8. The van der Waals surface area contributed by atoms with Crippen LogP contribution in [0.4, 0.5) is 0 Å². The van der Waals surface area contributed by atoms with Gasteiger partial charge in [-0.05, 0) is 76.2 Å². The first-order valence-corrected chi connectivity index (χ1v) is 23.4. The van der Waals surface area contributed by atoms with Gasteiger partial charge < -0.3 is 29.7 Å². The predicted octanol–water partition coefficient (Wildman–Crippen LogP) is 9.28. The number of phosphoric acid groups is 1. The highest BCUT2D eigenvalue weighted by Gasteiger charge is 2.28. The summed E-state index contributed by atoms with van der Waals surface area (Å²) in [5.41, 5.74) is 0. The number of carbonyl (C=O) groups excluding carboxylic acids is 3. The van der Waals surface area contributed by atoms with Crippen LogP contribution in [0.1, 0.15) is 142 Å². The highest BCUT2D eigenvalue weighted by Crippen LogP contribution is 2.43. The summed E-state index contributed by atoms with van der Waals surface area (Å²) < 4.78 is 32.6. The van der Waals surface area contributed by atoms with E-state index in [1.807, 2.05) is 36.5 Å². The van der Waals surface area contributed by atoms with Gasteiger partial charge in [-0.1, -0.05) is 132 Å². The minimum absolute atomic E-state index is 0.00453. The molecule has 4 N–H and O–H groups in total. The van der Waals surface area contributed by atoms with Crippen molar-refractivity contribution in [1.82, 2.24) is 0 Å². The number of phosphoric ester groups is 1. The number of ether oxygens (including phenoxy) is 2. The van der Waals surface area contributed by atoms with Gasteiger partial charge in [-0.15, -0.1) is 0 Å². The lowest BCUT2D eigenvalue weighted by Gasteiger charge is -2.20. The minimum atomic E-state index is -4.68. The van der Waals surface area contributed by atoms with Crippen LogP contribution in [0.25, 0.3) is 0 Å². The quantitative estimate of drug-likeness (QED) is 0.0201. The van der Waals surface area contributed by atoms with Crippen molar-refractivity contribution in [3.63, 3.8) is 0 Å². The van der Waals surface area contributed by atoms with E-state index in [9.17, 15) is 34.1 Å². The number of allylic oxidation sites excluding steroid dienone is 11. The molecular weight excluding hydrogens is 775 g/mol. The van der Waals surface area contributed by atoms with Gasteiger partial charge >= 0.3 is 19.8 Å². The number of rotatable bonds is 37. The molecule has 0 spiro atoms. The van der Waals surface area contributed by atoms with Gasteiger partial charge in [0.15, 0.2) is 11.9 Å². The summed E-state index contributed by atoms with van der Waals surface area (Å²) in [6, 6.07) is 0. The molecule has 0 bridgehead atoms. The fourth-order valence-corrected chi connectivity index (χ4v) is 6.85. The van der Waals surface area contributed by atoms with E-state index < -0.39 is 64.5 Å². The van der Waals surface area contributed by atoms with Crippen molar-refractivity contribution in [3.05, 3.63) is 72.9 Å². The number of unbranched alkanes of at least 4 members (excludes halogenated alkanes) is 10. The Balaban J connectivity index is 2.47. The lowest BCUT2D eigenvalue weighted by atomic mass is 9.90. The molecule has 0 saturated heterocycles. The van der Waals surface area contributed by atoms with Gasteiger partial charge in [0.1, 0.15) is 12.7 Å². The van der Waals surface area contributed by atoms with Crippen molar-refractivity contribution in [2.24, 2.45) is 11.8 Å². The summed E-state index contributed by atoms with van der Waals surface area (Å²) in [5.74, 6) is -1.42. The Morgan fingerprint density at radius 1 is 0.746 bits per heavy atom. The maximum atomic E-state index is 12.6. The van der Waals surface area contributed by atoms with Crippen LogP contribution in [0.3, 0.4) is 0 Å². The molecule has 0 fully saturated rings. The molecule has 336 valence electrons. The van der Waals surface area contributed by atoms with Gasteiger partial charge in [0.2, 0.25) is 0 Å². The van der Waals surface area contributed by atoms with Crippen LogP contribution >= 0.6 is 7.82 Å². The van der Waals surface area contributed by atoms with Gasteiger partial charge in [-0.3, -0.25) is 23.4 Å². The number of aliphatic hydroxyl groups excluding tert-OH is 3. The second kappa shape index (κ2) is 35.8. The molecule has 6 atom stereocenters. The molecule has 1 unspecified atom stereocenters. The third kappa shape index (κ3) is 30.7. The molecule has 1 aliphatic carbocycles. The molecule has 0 aromatic carbocycles. The molecule has 0 aromatic heterocycles. The van der Waals surface area contributed by atoms with Crippen molar-refractivity contribution < 1.29 is 57.7 Å². The van der Waals surface area contributed by atoms with Gasteiger partial charge in [0.25, 0.3) is 0 Å². The lowest BCUT2D eigenvalue weighted by Crippen LogP contribution is -2.29. The van der Waals surface area contributed by atoms with Crippen molar-refractivity contribution in [3.8, 4) is 0 Å². The zero-order chi connectivity index (χ0) is 43.4. The molecule has 12 nitrogen and oxygen atoms in total. The van der Waals surface area contributed by atoms with Crippen LogP contribution in [0.2, 0.25) is 0 Å². The molecule has 13 heteroatoms. The number of esters is 2. The Hall–Kier alpha value is -2.96. The number of hydrogen-bond acceptors (Lipinski definition) is 11. The number of ketones is 1. The topological polar surface area (TPSA) is 186 Å². The Morgan fingerprint density at radius 2 is 1.32 bits per heavy atom. The van der Waals surface area contributed by atoms with Gasteiger partial charge in [-0.25, -0.2) is 4.57 Å². The second-order valence-corrected chi connectivity index (χ2v) is 16.5. The van der Waals surface area contributed by atoms with Crippen molar-refractivity contribution in [2.45, 2.75) is 161 Å². The summed E-state index contributed by atoms with van der Waals surface area (Å²) in [5, 5.41) is 28.6. The highest BCUT2D eigenvalue weighted by atomic mass is 31.2. The number of carbonyl (C=O) groups is 3. The summed E-state index contributed by atoms with van der Waals surface area (Å²) in [6.45, 7) is 1.97. The number of aliphatic hydroxyl groups is 3. The maximum absolute atomic E-state index is 12.6. The van der Waals surface area contributed by atoms with Crippen LogP contribution in [-0.2, 0) is 37.5 Å². The Kier molecular flexibility index (Phi) is 32.8. The average Bonchev–Trinajstić information content (AvgIpc) is 3.57. The molecule has 0 amide bonds. The largest absolute Gasteiger partial charge is 0.472 e. The number of hydrogen-bond donors (Lipinski definition) is 4. The smallest absolute Gasteiger partial charge is 0.462 e. The summed E-state index contributed by atoms with van der Waals surface area (Å²) in [7, 11) is -4.68. The van der Waals surface area contributed by atoms with Crippen molar-refractivity contribution >= 4 is 25.5 Å². The normalized spacial score (nSPS) is 18.5. The molecule has 0 heterocycles. The summed E-state index contributed by atoms with van der Waals surface area (Å²) >= 11 is 0. The van der Waals surface area contributed by atoms with E-state index in [-0.39, 0.29) is 30.5 Å². The average molecular weight is 851 g/mol. The van der Waals surface area contributed by atoms with Gasteiger partial charge in [0, 0.05) is 18.8 Å². The van der Waals surface area contributed by atoms with Crippen LogP contribution in [0.15, 0.2) is 72.9 Å². The third-order valence-electron chi connectivity index (χ3n) is 9.58. The van der Waals surface area contributed by atoms with E-state index in [0.717, 1.165) is 38.5 Å². The molecule has 1 aliphatic rings. The van der Waals surface area contributed by atoms with E-state index in [4.69, 9.17) is 19.1 Å². The SMILES string of the molecule is CCCCCCCC/C=C\C/C=C\C/C=C\CCCC(=O)O[C@H](COC(=O)CCC/C=C\C[C@H]1C=CC(=O)[C@@H]1/C=C/[C@@H](O)CCCCC)COP(=O)(O)OC[C@@H](O)CO. The first kappa shape index (κ1) is 54.1. The molecular formula is C46H75O12P. The summed E-state index contributed by atoms with van der Waals surface area (Å²) in [6.07, 6.45) is 37.9. The first-order valence-electron chi connectivity index (χ1n) is 22.0. The van der Waals surface area contributed by atoms with E-state index in [0.29, 0.717) is 38.5 Å². The van der Waals surface area contributed by atoms with E-state index in [1.54, 1.807) is 12.2 Å². The molecule has 0 saturated carbocycles. The standard InChI is InChI=1S/C46H75O12P/c1-3-5-7-8-9-10-11-12-13-14-15-16-17-18-19-20-26-30-46(52)58-42(38-57-59(53,54)56-36-41(49)35-47)37-55-45(51)29-25-22-21-24-27-39-31-34-44(50)43(39)33-32-40(48)28-23-6-4-2/h12-13,15-16,18-19,21,24,31-34,39-43,47-49H,3-11,14,17,20,22-23,25-30,35-38H2,1-2H3,(H,53,54)/b13-12-,16-15-,19-18-,24-21-,33-32+/t39-,40-,41-,42+,43+/m0/s1. The first-order chi connectivity index (χ1) is 28.5. The fraction of sp³-hybridized carbons (Fsp3) is 0.674. The molecule has 1 rings (SSSR count). The van der Waals surface area contributed by atoms with Crippen LogP contribution in [-0.4, -0.2) is 82.7 Å². The second-order valence-electron chi connectivity index (χ2n) is 15.0. The minimum Gasteiger partial charge on any atom is -0.462 e. The van der Waals surface area contributed by atoms with Crippen molar-refractivity contribution in [2.75, 3.05) is 26.4 Å². The Morgan fingerprint density at radius 3 is 2.00 bits per heavy atom. The van der Waals surface area contributed by atoms with Crippen LogP contribution in [0, 0.1) is 11.8 Å². The predicted molar refractivity (Wildman–Crippen MR) is 232 cm³/mol. The molecule has 59 heavy (non-hydrogen) atoms. The fourth-order valence-electron chi connectivity index (χ4n) is 6.06. The molecule has 0 aromatic rings. The Bertz CT molecular complexity index is 1350. The van der Waals surface area contributed by atoms with Gasteiger partial charge in [-0.2, -0.15) is 0 Å². The maximum Gasteiger partial charge on any atom is 0.472 e. The van der Waals surface area contributed by atoms with Crippen LogP contribution < -0.4 is 0 Å². The van der Waals surface area contributed by atoms with E-state index in [2.05, 4.69) is 42.7 Å². The Labute approximate surface area is 354 Å². The monoisotopic (exact) mass is 850 g/mol. The van der Waals surface area contributed by atoms with Crippen molar-refractivity contribution in [1.29, 1.82) is 0 Å².